The van der Waals surface area contributed by atoms with Gasteiger partial charge in [-0.05, 0) is 83.3 Å². The lowest BCUT2D eigenvalue weighted by atomic mass is 9.93. The minimum Gasteiger partial charge on any atom is -0.491 e. The number of hydrogen-bond acceptors (Lipinski definition) is 5. The van der Waals surface area contributed by atoms with Gasteiger partial charge >= 0.3 is 5.97 Å². The van der Waals surface area contributed by atoms with Crippen molar-refractivity contribution in [3.8, 4) is 5.75 Å². The molecule has 4 aromatic rings. The van der Waals surface area contributed by atoms with Gasteiger partial charge in [0, 0.05) is 13.0 Å². The maximum Gasteiger partial charge on any atom is 0.335 e. The Bertz CT molecular complexity index is 1540. The highest BCUT2D eigenvalue weighted by Crippen LogP contribution is 2.36. The third-order valence-electron chi connectivity index (χ3n) is 7.87. The first-order valence-electron chi connectivity index (χ1n) is 15.7. The summed E-state index contributed by atoms with van der Waals surface area (Å²) in [5.74, 6) is 0.421. The van der Waals surface area contributed by atoms with Crippen LogP contribution in [-0.2, 0) is 38.3 Å². The molecule has 4 aromatic carbocycles. The zero-order valence-corrected chi connectivity index (χ0v) is 26.0. The van der Waals surface area contributed by atoms with E-state index in [0.29, 0.717) is 32.8 Å². The first-order chi connectivity index (χ1) is 21.6. The molecule has 2 unspecified atom stereocenters. The van der Waals surface area contributed by atoms with Crippen LogP contribution in [0.5, 0.6) is 5.75 Å². The van der Waals surface area contributed by atoms with Crippen LogP contribution >= 0.6 is 0 Å². The highest BCUT2D eigenvalue weighted by Gasteiger charge is 2.23. The van der Waals surface area contributed by atoms with Gasteiger partial charge in [0.1, 0.15) is 18.5 Å². The van der Waals surface area contributed by atoms with E-state index in [9.17, 15) is 4.79 Å². The van der Waals surface area contributed by atoms with Gasteiger partial charge in [0.15, 0.2) is 6.10 Å². The Morgan fingerprint density at radius 3 is 2.02 bits per heavy atom. The van der Waals surface area contributed by atoms with E-state index in [1.54, 1.807) is 6.92 Å². The van der Waals surface area contributed by atoms with E-state index in [1.165, 1.54) is 33.4 Å². The molecule has 0 aliphatic heterocycles. The van der Waals surface area contributed by atoms with Gasteiger partial charge in [-0.1, -0.05) is 97.9 Å². The summed E-state index contributed by atoms with van der Waals surface area (Å²) in [5.41, 5.74) is 9.58. The lowest BCUT2D eigenvalue weighted by Gasteiger charge is -2.22. The van der Waals surface area contributed by atoms with E-state index in [1.807, 2.05) is 31.2 Å². The van der Waals surface area contributed by atoms with Crippen molar-refractivity contribution in [2.75, 3.05) is 26.4 Å². The Balaban J connectivity index is 1.26. The molecule has 5 rings (SSSR count). The van der Waals surface area contributed by atoms with Crippen molar-refractivity contribution in [3.63, 3.8) is 0 Å². The Labute approximate surface area is 261 Å². The number of esters is 1. The molecule has 0 radical (unpaired) electrons. The van der Waals surface area contributed by atoms with Crippen LogP contribution in [-0.4, -0.2) is 38.5 Å². The van der Waals surface area contributed by atoms with E-state index < -0.39 is 6.10 Å². The van der Waals surface area contributed by atoms with Gasteiger partial charge in [-0.2, -0.15) is 0 Å². The number of hydrogen-bond donors (Lipinski definition) is 0. The molecule has 5 heteroatoms. The summed E-state index contributed by atoms with van der Waals surface area (Å²) in [6.07, 6.45) is 5.97. The average molecular weight is 591 g/mol. The van der Waals surface area contributed by atoms with Gasteiger partial charge in [0.05, 0.1) is 13.2 Å². The predicted molar refractivity (Wildman–Crippen MR) is 176 cm³/mol. The van der Waals surface area contributed by atoms with Crippen molar-refractivity contribution in [1.29, 1.82) is 0 Å². The Hall–Kier alpha value is -4.19. The Kier molecular flexibility index (Phi) is 11.0. The van der Waals surface area contributed by atoms with E-state index in [2.05, 4.69) is 85.8 Å². The molecule has 0 aromatic heterocycles. The molecule has 0 saturated heterocycles. The van der Waals surface area contributed by atoms with Crippen LogP contribution in [0.25, 0.3) is 12.2 Å². The van der Waals surface area contributed by atoms with E-state index in [4.69, 9.17) is 18.9 Å². The maximum absolute atomic E-state index is 12.2. The zero-order valence-electron chi connectivity index (χ0n) is 26.0. The first-order valence-corrected chi connectivity index (χ1v) is 15.7. The Morgan fingerprint density at radius 2 is 1.36 bits per heavy atom. The lowest BCUT2D eigenvalue weighted by molar-refractivity contribution is -0.156. The van der Waals surface area contributed by atoms with Crippen molar-refractivity contribution in [1.82, 2.24) is 0 Å². The summed E-state index contributed by atoms with van der Waals surface area (Å²) in [6, 6.07) is 31.8. The van der Waals surface area contributed by atoms with E-state index in [0.717, 1.165) is 29.7 Å². The second kappa shape index (κ2) is 15.5. The largest absolute Gasteiger partial charge is 0.491 e. The SMILES string of the molecule is CCOC(=O)C(Cc1ccc(OCCOC2c3ccc(CC)cc3C=Cc3cc(Cc4ccccc4)ccc32)cc1)OCC. The highest BCUT2D eigenvalue weighted by molar-refractivity contribution is 5.77. The third kappa shape index (κ3) is 8.04. The van der Waals surface area contributed by atoms with E-state index in [-0.39, 0.29) is 12.1 Å². The Morgan fingerprint density at radius 1 is 0.705 bits per heavy atom. The molecule has 0 heterocycles. The zero-order chi connectivity index (χ0) is 30.7. The smallest absolute Gasteiger partial charge is 0.335 e. The number of rotatable bonds is 14. The summed E-state index contributed by atoms with van der Waals surface area (Å²) in [6.45, 7) is 7.49. The number of ether oxygens (including phenoxy) is 4. The standard InChI is InChI=1S/C39H42O5/c1-4-28-14-20-35-32(25-28)16-17-33-26-31(24-29-10-8-7-9-11-29)15-21-36(33)38(35)44-23-22-43-34-18-12-30(13-19-34)27-37(41-5-2)39(40)42-6-3/h7-21,25-26,37-38H,4-6,22-24,27H2,1-3H3. The first kappa shape index (κ1) is 31.2. The van der Waals surface area contributed by atoms with Crippen LogP contribution in [0, 0.1) is 0 Å². The molecule has 44 heavy (non-hydrogen) atoms. The fourth-order valence-corrected chi connectivity index (χ4v) is 5.61. The molecule has 0 N–H and O–H groups in total. The molecule has 0 amide bonds. The molecule has 5 nitrogen and oxygen atoms in total. The molecule has 0 fully saturated rings. The fourth-order valence-electron chi connectivity index (χ4n) is 5.61. The van der Waals surface area contributed by atoms with Gasteiger partial charge < -0.3 is 18.9 Å². The van der Waals surface area contributed by atoms with Crippen LogP contribution in [0.3, 0.4) is 0 Å². The van der Waals surface area contributed by atoms with Crippen molar-refractivity contribution < 1.29 is 23.7 Å². The number of carbonyl (C=O) groups is 1. The molecule has 0 spiro atoms. The molecule has 2 atom stereocenters. The van der Waals surface area contributed by atoms with Crippen LogP contribution in [0.4, 0.5) is 0 Å². The highest BCUT2D eigenvalue weighted by atomic mass is 16.6. The van der Waals surface area contributed by atoms with E-state index >= 15 is 0 Å². The number of fused-ring (bicyclic) bond motifs is 2. The van der Waals surface area contributed by atoms with Crippen molar-refractivity contribution in [2.24, 2.45) is 0 Å². The molecule has 1 aliphatic carbocycles. The minimum absolute atomic E-state index is 0.198. The van der Waals surface area contributed by atoms with Crippen molar-refractivity contribution in [3.05, 3.63) is 136 Å². The second-order valence-corrected chi connectivity index (χ2v) is 10.9. The van der Waals surface area contributed by atoms with Crippen LogP contribution in [0.2, 0.25) is 0 Å². The molecular weight excluding hydrogens is 548 g/mol. The topological polar surface area (TPSA) is 54.0 Å². The van der Waals surface area contributed by atoms with Crippen LogP contribution < -0.4 is 4.74 Å². The summed E-state index contributed by atoms with van der Waals surface area (Å²) in [7, 11) is 0. The minimum atomic E-state index is -0.609. The summed E-state index contributed by atoms with van der Waals surface area (Å²) >= 11 is 0. The third-order valence-corrected chi connectivity index (χ3v) is 7.87. The van der Waals surface area contributed by atoms with Gasteiger partial charge in [0.25, 0.3) is 0 Å². The van der Waals surface area contributed by atoms with Gasteiger partial charge in [-0.15, -0.1) is 0 Å². The average Bonchev–Trinajstić information content (AvgIpc) is 3.20. The molecule has 1 aliphatic rings. The second-order valence-electron chi connectivity index (χ2n) is 10.9. The number of carbonyl (C=O) groups excluding carboxylic acids is 1. The van der Waals surface area contributed by atoms with Gasteiger partial charge in [0.2, 0.25) is 0 Å². The lowest BCUT2D eigenvalue weighted by Crippen LogP contribution is -2.28. The molecule has 0 saturated carbocycles. The van der Waals surface area contributed by atoms with Gasteiger partial charge in [-0.3, -0.25) is 0 Å². The maximum atomic E-state index is 12.2. The number of aryl methyl sites for hydroxylation is 1. The fraction of sp³-hybridized carbons (Fsp3) is 0.308. The predicted octanol–water partition coefficient (Wildman–Crippen LogP) is 8.02. The summed E-state index contributed by atoms with van der Waals surface area (Å²) < 4.78 is 23.4. The van der Waals surface area contributed by atoms with Crippen LogP contribution in [0.15, 0.2) is 91.0 Å². The number of benzene rings is 4. The summed E-state index contributed by atoms with van der Waals surface area (Å²) in [4.78, 5) is 12.2. The van der Waals surface area contributed by atoms with Crippen molar-refractivity contribution in [2.45, 2.75) is 52.2 Å². The quantitative estimate of drug-likeness (QED) is 0.110. The van der Waals surface area contributed by atoms with Gasteiger partial charge in [-0.25, -0.2) is 4.79 Å². The normalized spacial score (nSPS) is 14.3. The summed E-state index contributed by atoms with van der Waals surface area (Å²) in [5, 5.41) is 0. The molecule has 0 bridgehead atoms. The monoisotopic (exact) mass is 590 g/mol. The van der Waals surface area contributed by atoms with Crippen molar-refractivity contribution >= 4 is 18.1 Å². The molecular formula is C39H42O5. The molecule has 228 valence electrons. The van der Waals surface area contributed by atoms with Crippen LogP contribution in [0.1, 0.15) is 71.4 Å².